The molecule has 8 nitrogen and oxygen atoms in total. The van der Waals surface area contributed by atoms with E-state index < -0.39 is 51.7 Å². The summed E-state index contributed by atoms with van der Waals surface area (Å²) in [5, 5.41) is 14.2. The average molecular weight is 507 g/mol. The number of halogens is 4. The Morgan fingerprint density at radius 2 is 1.89 bits per heavy atom. The van der Waals surface area contributed by atoms with Crippen LogP contribution in [0.4, 0.5) is 13.2 Å². The molecule has 1 aliphatic rings. The van der Waals surface area contributed by atoms with E-state index in [1.165, 1.54) is 35.2 Å². The van der Waals surface area contributed by atoms with Crippen molar-refractivity contribution in [1.29, 1.82) is 0 Å². The first-order chi connectivity index (χ1) is 16.6. The number of aromatic nitrogens is 1. The van der Waals surface area contributed by atoms with Crippen LogP contribution in [-0.4, -0.2) is 40.2 Å². The zero-order valence-electron chi connectivity index (χ0n) is 18.2. The highest BCUT2D eigenvalue weighted by Crippen LogP contribution is 2.24. The summed E-state index contributed by atoms with van der Waals surface area (Å²) in [6.45, 7) is -0.600. The molecule has 2 aromatic carbocycles. The number of pyridine rings is 1. The van der Waals surface area contributed by atoms with Gasteiger partial charge in [-0.05, 0) is 12.1 Å². The van der Waals surface area contributed by atoms with Crippen molar-refractivity contribution in [3.8, 4) is 5.75 Å². The first kappa shape index (κ1) is 24.1. The van der Waals surface area contributed by atoms with Crippen LogP contribution in [0.1, 0.15) is 32.0 Å². The van der Waals surface area contributed by atoms with E-state index in [0.29, 0.717) is 6.07 Å². The molecule has 35 heavy (non-hydrogen) atoms. The molecule has 0 saturated heterocycles. The zero-order chi connectivity index (χ0) is 25.4. The predicted molar refractivity (Wildman–Crippen MR) is 120 cm³/mol. The molecule has 0 unspecified atom stereocenters. The highest BCUT2D eigenvalue weighted by atomic mass is 35.5. The van der Waals surface area contributed by atoms with Gasteiger partial charge in [-0.3, -0.25) is 24.1 Å². The first-order valence-electron chi connectivity index (χ1n) is 10.2. The van der Waals surface area contributed by atoms with Gasteiger partial charge in [-0.25, -0.2) is 13.2 Å². The molecule has 2 heterocycles. The predicted octanol–water partition coefficient (Wildman–Crippen LogP) is 2.74. The van der Waals surface area contributed by atoms with Gasteiger partial charge in [0.25, 0.3) is 11.8 Å². The van der Waals surface area contributed by atoms with Crippen LogP contribution < -0.4 is 15.8 Å². The summed E-state index contributed by atoms with van der Waals surface area (Å²) < 4.78 is 42.4. The van der Waals surface area contributed by atoms with E-state index in [4.69, 9.17) is 11.6 Å². The minimum absolute atomic E-state index is 0.0155. The Bertz CT molecular complexity index is 1410. The van der Waals surface area contributed by atoms with Crippen LogP contribution in [0.25, 0.3) is 0 Å². The lowest BCUT2D eigenvalue weighted by atomic mass is 10.1. The molecule has 1 aromatic heterocycles. The van der Waals surface area contributed by atoms with Crippen LogP contribution >= 0.6 is 11.6 Å². The van der Waals surface area contributed by atoms with Crippen molar-refractivity contribution in [3.63, 3.8) is 0 Å². The molecule has 2 amide bonds. The number of rotatable bonds is 5. The molecule has 0 bridgehead atoms. The molecular weight excluding hydrogens is 489 g/mol. The molecular formula is C23H18ClF3N4O4. The molecule has 4 rings (SSSR count). The van der Waals surface area contributed by atoms with Gasteiger partial charge in [0, 0.05) is 37.0 Å². The minimum atomic E-state index is -1.12. The third kappa shape index (κ3) is 4.54. The smallest absolute Gasteiger partial charge is 0.278 e. The summed E-state index contributed by atoms with van der Waals surface area (Å²) in [6.07, 6.45) is 1.07. The number of amides is 2. The average Bonchev–Trinajstić information content (AvgIpc) is 2.81. The highest BCUT2D eigenvalue weighted by molar-refractivity contribution is 6.30. The summed E-state index contributed by atoms with van der Waals surface area (Å²) in [5.41, 5.74) is -1.90. The van der Waals surface area contributed by atoms with Gasteiger partial charge in [0.2, 0.25) is 5.43 Å². The number of carbonyl (C=O) groups is 2. The fourth-order valence-electron chi connectivity index (χ4n) is 3.68. The third-order valence-electron chi connectivity index (χ3n) is 5.49. The molecule has 0 radical (unpaired) electrons. The molecule has 0 aliphatic carbocycles. The number of benzene rings is 2. The van der Waals surface area contributed by atoms with Gasteiger partial charge in [0.15, 0.2) is 11.4 Å². The molecule has 1 aliphatic heterocycles. The van der Waals surface area contributed by atoms with Crippen LogP contribution in [-0.2, 0) is 13.1 Å². The van der Waals surface area contributed by atoms with Crippen LogP contribution in [0.15, 0.2) is 47.4 Å². The van der Waals surface area contributed by atoms with Gasteiger partial charge in [-0.15, -0.1) is 0 Å². The van der Waals surface area contributed by atoms with E-state index in [0.717, 1.165) is 23.0 Å². The Labute approximate surface area is 201 Å². The normalized spacial score (nSPS) is 13.1. The van der Waals surface area contributed by atoms with E-state index in [9.17, 15) is 32.7 Å². The van der Waals surface area contributed by atoms with Crippen LogP contribution in [0.2, 0.25) is 5.02 Å². The van der Waals surface area contributed by atoms with Crippen molar-refractivity contribution < 1.29 is 27.9 Å². The second kappa shape index (κ2) is 9.34. The van der Waals surface area contributed by atoms with Crippen LogP contribution in [0.3, 0.4) is 0 Å². The topological polar surface area (TPSA) is 94.9 Å². The standard InChI is InChI=1S/C23H18ClF3N4O4/c1-29-11-30(9-13-3-2-4-16(24)18(13)27)23(35)19-21(33)20(32)15(10-31(19)29)22(34)28-8-12-5-6-14(25)7-17(12)26/h2-7,10,33H,8-9,11H2,1H3,(H,28,34). The summed E-state index contributed by atoms with van der Waals surface area (Å²) in [4.78, 5) is 39.6. The fraction of sp³-hybridized carbons (Fsp3) is 0.174. The molecule has 12 heteroatoms. The first-order valence-corrected chi connectivity index (χ1v) is 10.6. The number of nitrogens with zero attached hydrogens (tertiary/aromatic N) is 3. The van der Waals surface area contributed by atoms with Gasteiger partial charge in [0.05, 0.1) is 11.6 Å². The fourth-order valence-corrected chi connectivity index (χ4v) is 3.88. The highest BCUT2D eigenvalue weighted by Gasteiger charge is 2.33. The quantitative estimate of drug-likeness (QED) is 0.555. The second-order valence-corrected chi connectivity index (χ2v) is 8.25. The summed E-state index contributed by atoms with van der Waals surface area (Å²) in [7, 11) is 1.52. The Morgan fingerprint density at radius 1 is 1.14 bits per heavy atom. The van der Waals surface area contributed by atoms with Crippen molar-refractivity contribution >= 4 is 23.4 Å². The van der Waals surface area contributed by atoms with Crippen molar-refractivity contribution in [2.45, 2.75) is 13.1 Å². The number of hydrogen-bond donors (Lipinski definition) is 2. The molecule has 0 spiro atoms. The molecule has 0 fully saturated rings. The van der Waals surface area contributed by atoms with Crippen molar-refractivity contribution in [2.75, 3.05) is 18.7 Å². The van der Waals surface area contributed by atoms with Crippen molar-refractivity contribution in [2.24, 2.45) is 0 Å². The van der Waals surface area contributed by atoms with E-state index in [-0.39, 0.29) is 35.9 Å². The maximum absolute atomic E-state index is 14.3. The van der Waals surface area contributed by atoms with E-state index in [2.05, 4.69) is 5.32 Å². The van der Waals surface area contributed by atoms with E-state index in [1.807, 2.05) is 0 Å². The summed E-state index contributed by atoms with van der Waals surface area (Å²) in [6, 6.07) is 7.16. The Balaban J connectivity index is 1.61. The van der Waals surface area contributed by atoms with Gasteiger partial charge in [-0.1, -0.05) is 29.8 Å². The minimum Gasteiger partial charge on any atom is -0.502 e. The van der Waals surface area contributed by atoms with Crippen molar-refractivity contribution in [3.05, 3.63) is 97.7 Å². The molecule has 182 valence electrons. The number of carbonyl (C=O) groups excluding carboxylic acids is 2. The molecule has 0 saturated carbocycles. The number of hydrogen-bond acceptors (Lipinski definition) is 5. The van der Waals surface area contributed by atoms with Gasteiger partial charge in [-0.2, -0.15) is 0 Å². The molecule has 0 atom stereocenters. The zero-order valence-corrected chi connectivity index (χ0v) is 18.9. The monoisotopic (exact) mass is 506 g/mol. The molecule has 3 aromatic rings. The Hall–Kier alpha value is -3.99. The summed E-state index contributed by atoms with van der Waals surface area (Å²) in [5.74, 6) is -5.03. The number of nitrogens with one attached hydrogen (secondary N) is 1. The van der Waals surface area contributed by atoms with Crippen molar-refractivity contribution in [1.82, 2.24) is 14.9 Å². The summed E-state index contributed by atoms with van der Waals surface area (Å²) >= 11 is 5.80. The lowest BCUT2D eigenvalue weighted by molar-refractivity contribution is 0.0676. The molecule has 2 N–H and O–H groups in total. The number of fused-ring (bicyclic) bond motifs is 1. The largest absolute Gasteiger partial charge is 0.502 e. The van der Waals surface area contributed by atoms with Gasteiger partial charge >= 0.3 is 0 Å². The Kier molecular flexibility index (Phi) is 6.44. The van der Waals surface area contributed by atoms with E-state index >= 15 is 0 Å². The van der Waals surface area contributed by atoms with Gasteiger partial charge < -0.3 is 15.3 Å². The third-order valence-corrected chi connectivity index (χ3v) is 5.78. The second-order valence-electron chi connectivity index (χ2n) is 7.85. The van der Waals surface area contributed by atoms with E-state index in [1.54, 1.807) is 0 Å². The maximum Gasteiger partial charge on any atom is 0.278 e. The lowest BCUT2D eigenvalue weighted by Crippen LogP contribution is -2.52. The number of aromatic hydroxyl groups is 1. The van der Waals surface area contributed by atoms with Crippen LogP contribution in [0, 0.1) is 17.5 Å². The lowest BCUT2D eigenvalue weighted by Gasteiger charge is -2.37. The van der Waals surface area contributed by atoms with Crippen LogP contribution in [0.5, 0.6) is 5.75 Å². The Morgan fingerprint density at radius 3 is 2.60 bits per heavy atom. The maximum atomic E-state index is 14.3. The SMILES string of the molecule is CN1CN(Cc2cccc(Cl)c2F)C(=O)c2c(O)c(=O)c(C(=O)NCc3ccc(F)cc3F)cn21. The van der Waals surface area contributed by atoms with Gasteiger partial charge in [0.1, 0.15) is 29.7 Å².